The van der Waals surface area contributed by atoms with Crippen molar-refractivity contribution in [3.63, 3.8) is 0 Å². The molecule has 7 nitrogen and oxygen atoms in total. The Bertz CT molecular complexity index is 943. The molecule has 4 rings (SSSR count). The zero-order valence-electron chi connectivity index (χ0n) is 19.3. The molecule has 1 fully saturated rings. The Labute approximate surface area is 190 Å². The zero-order chi connectivity index (χ0) is 22.5. The number of hydrogen-bond acceptors (Lipinski definition) is 5. The smallest absolute Gasteiger partial charge is 0.319 e. The van der Waals surface area contributed by atoms with Crippen molar-refractivity contribution < 1.29 is 14.3 Å². The van der Waals surface area contributed by atoms with Gasteiger partial charge in [-0.2, -0.15) is 0 Å². The lowest BCUT2D eigenvalue weighted by atomic mass is 9.96. The number of fused-ring (bicyclic) bond motifs is 1. The van der Waals surface area contributed by atoms with Crippen molar-refractivity contribution in [3.8, 4) is 11.5 Å². The van der Waals surface area contributed by atoms with Crippen molar-refractivity contribution in [2.45, 2.75) is 31.7 Å². The minimum absolute atomic E-state index is 0.172. The van der Waals surface area contributed by atoms with Crippen LogP contribution in [0.2, 0.25) is 0 Å². The zero-order valence-corrected chi connectivity index (χ0v) is 19.3. The summed E-state index contributed by atoms with van der Waals surface area (Å²) in [6.07, 6.45) is 4.73. The standard InChI is InChI=1S/C25H34N4O3/c1-28-12-6-7-18-15-19(8-10-21(18)28)22(29-13-4-5-14-29)17-26-25(30)27-20-9-11-23(31-2)24(16-20)32-3/h8-11,15-16,22H,4-7,12-14,17H2,1-3H3,(H2,26,27,30)/t22-/m1/s1. The fourth-order valence-corrected chi connectivity index (χ4v) is 4.80. The van der Waals surface area contributed by atoms with E-state index >= 15 is 0 Å². The Kier molecular flexibility index (Phi) is 7.05. The predicted molar refractivity (Wildman–Crippen MR) is 128 cm³/mol. The first-order valence-corrected chi connectivity index (χ1v) is 11.4. The number of carbonyl (C=O) groups is 1. The molecule has 0 radical (unpaired) electrons. The number of anilines is 2. The van der Waals surface area contributed by atoms with Crippen LogP contribution in [0.1, 0.15) is 36.4 Å². The highest BCUT2D eigenvalue weighted by molar-refractivity contribution is 5.89. The van der Waals surface area contributed by atoms with E-state index in [2.05, 4.69) is 45.7 Å². The lowest BCUT2D eigenvalue weighted by Crippen LogP contribution is -2.38. The topological polar surface area (TPSA) is 66.1 Å². The number of urea groups is 1. The van der Waals surface area contributed by atoms with Gasteiger partial charge in [-0.1, -0.05) is 12.1 Å². The fourth-order valence-electron chi connectivity index (χ4n) is 4.80. The molecule has 2 aromatic rings. The molecule has 172 valence electrons. The van der Waals surface area contributed by atoms with Crippen molar-refractivity contribution in [1.82, 2.24) is 10.2 Å². The minimum Gasteiger partial charge on any atom is -0.493 e. The highest BCUT2D eigenvalue weighted by Crippen LogP contribution is 2.32. The quantitative estimate of drug-likeness (QED) is 0.683. The molecule has 1 atom stereocenters. The number of amides is 2. The van der Waals surface area contributed by atoms with Gasteiger partial charge in [-0.05, 0) is 68.1 Å². The summed E-state index contributed by atoms with van der Waals surface area (Å²) >= 11 is 0. The third-order valence-corrected chi connectivity index (χ3v) is 6.52. The van der Waals surface area contributed by atoms with Gasteiger partial charge in [0.2, 0.25) is 0 Å². The van der Waals surface area contributed by atoms with Crippen LogP contribution in [-0.2, 0) is 6.42 Å². The van der Waals surface area contributed by atoms with Crippen molar-refractivity contribution in [1.29, 1.82) is 0 Å². The van der Waals surface area contributed by atoms with Gasteiger partial charge < -0.3 is 25.0 Å². The summed E-state index contributed by atoms with van der Waals surface area (Å²) in [5.41, 5.74) is 4.69. The lowest BCUT2D eigenvalue weighted by Gasteiger charge is -2.32. The summed E-state index contributed by atoms with van der Waals surface area (Å²) in [6.45, 7) is 3.81. The second-order valence-electron chi connectivity index (χ2n) is 8.58. The molecule has 2 aromatic carbocycles. The van der Waals surface area contributed by atoms with Gasteiger partial charge in [0.05, 0.1) is 20.3 Å². The van der Waals surface area contributed by atoms with E-state index in [1.807, 2.05) is 0 Å². The fraction of sp³-hybridized carbons (Fsp3) is 0.480. The van der Waals surface area contributed by atoms with E-state index in [0.717, 1.165) is 26.1 Å². The summed E-state index contributed by atoms with van der Waals surface area (Å²) in [4.78, 5) is 17.5. The van der Waals surface area contributed by atoms with Gasteiger partial charge in [0.25, 0.3) is 0 Å². The number of nitrogens with one attached hydrogen (secondary N) is 2. The highest BCUT2D eigenvalue weighted by Gasteiger charge is 2.25. The maximum absolute atomic E-state index is 12.7. The Hall–Kier alpha value is -2.93. The summed E-state index contributed by atoms with van der Waals surface area (Å²) in [5, 5.41) is 6.00. The first kappa shape index (κ1) is 22.3. The van der Waals surface area contributed by atoms with Gasteiger partial charge in [0.15, 0.2) is 11.5 Å². The number of ether oxygens (including phenoxy) is 2. The number of methoxy groups -OCH3 is 2. The van der Waals surface area contributed by atoms with Crippen LogP contribution in [0.15, 0.2) is 36.4 Å². The van der Waals surface area contributed by atoms with E-state index in [1.54, 1.807) is 32.4 Å². The molecule has 0 bridgehead atoms. The minimum atomic E-state index is -0.223. The molecule has 0 saturated carbocycles. The van der Waals surface area contributed by atoms with Crippen molar-refractivity contribution in [2.75, 3.05) is 57.7 Å². The normalized spacial score (nSPS) is 16.9. The van der Waals surface area contributed by atoms with Gasteiger partial charge >= 0.3 is 6.03 Å². The average molecular weight is 439 g/mol. The van der Waals surface area contributed by atoms with Crippen LogP contribution in [0.25, 0.3) is 0 Å². The summed E-state index contributed by atoms with van der Waals surface area (Å²) in [5.74, 6) is 1.21. The van der Waals surface area contributed by atoms with E-state index < -0.39 is 0 Å². The number of aryl methyl sites for hydroxylation is 1. The van der Waals surface area contributed by atoms with Crippen LogP contribution < -0.4 is 25.0 Å². The second kappa shape index (κ2) is 10.1. The van der Waals surface area contributed by atoms with Gasteiger partial charge in [0.1, 0.15) is 0 Å². The van der Waals surface area contributed by atoms with Gasteiger partial charge in [-0.3, -0.25) is 4.90 Å². The third kappa shape index (κ3) is 4.93. The summed E-state index contributed by atoms with van der Waals surface area (Å²) in [7, 11) is 5.34. The molecule has 2 heterocycles. The Balaban J connectivity index is 1.45. The van der Waals surface area contributed by atoms with E-state index in [-0.39, 0.29) is 12.1 Å². The Morgan fingerprint density at radius 3 is 2.53 bits per heavy atom. The van der Waals surface area contributed by atoms with E-state index in [0.29, 0.717) is 23.7 Å². The molecule has 2 N–H and O–H groups in total. The van der Waals surface area contributed by atoms with Crippen LogP contribution in [0, 0.1) is 0 Å². The van der Waals surface area contributed by atoms with E-state index in [4.69, 9.17) is 9.47 Å². The van der Waals surface area contributed by atoms with Gasteiger partial charge in [-0.25, -0.2) is 4.79 Å². The van der Waals surface area contributed by atoms with Crippen molar-refractivity contribution in [3.05, 3.63) is 47.5 Å². The maximum Gasteiger partial charge on any atom is 0.319 e. The van der Waals surface area contributed by atoms with Gasteiger partial charge in [-0.15, -0.1) is 0 Å². The number of nitrogens with zero attached hydrogens (tertiary/aromatic N) is 2. The number of carbonyl (C=O) groups excluding carboxylic acids is 1. The maximum atomic E-state index is 12.7. The molecule has 7 heteroatoms. The number of likely N-dealkylation sites (tertiary alicyclic amines) is 1. The molecule has 0 unspecified atom stereocenters. The van der Waals surface area contributed by atoms with Crippen molar-refractivity contribution >= 4 is 17.4 Å². The molecule has 2 aliphatic heterocycles. The molecule has 0 aromatic heterocycles. The van der Waals surface area contributed by atoms with E-state index in [1.165, 1.54) is 36.1 Å². The molecular formula is C25H34N4O3. The first-order valence-electron chi connectivity index (χ1n) is 11.4. The Morgan fingerprint density at radius 2 is 1.78 bits per heavy atom. The average Bonchev–Trinajstić information content (AvgIpc) is 3.34. The highest BCUT2D eigenvalue weighted by atomic mass is 16.5. The molecule has 2 aliphatic rings. The molecule has 1 saturated heterocycles. The van der Waals surface area contributed by atoms with Crippen LogP contribution in [0.4, 0.5) is 16.2 Å². The number of benzene rings is 2. The monoisotopic (exact) mass is 438 g/mol. The van der Waals surface area contributed by atoms with E-state index in [9.17, 15) is 4.79 Å². The molecular weight excluding hydrogens is 404 g/mol. The molecule has 0 aliphatic carbocycles. The number of hydrogen-bond donors (Lipinski definition) is 2. The first-order chi connectivity index (χ1) is 15.6. The summed E-state index contributed by atoms with van der Waals surface area (Å²) < 4.78 is 10.6. The van der Waals surface area contributed by atoms with Crippen LogP contribution in [0.5, 0.6) is 11.5 Å². The van der Waals surface area contributed by atoms with Crippen molar-refractivity contribution in [2.24, 2.45) is 0 Å². The Morgan fingerprint density at radius 1 is 1.00 bits per heavy atom. The second-order valence-corrected chi connectivity index (χ2v) is 8.58. The predicted octanol–water partition coefficient (Wildman–Crippen LogP) is 4.04. The lowest BCUT2D eigenvalue weighted by molar-refractivity contribution is 0.227. The molecule has 2 amide bonds. The third-order valence-electron chi connectivity index (χ3n) is 6.52. The largest absolute Gasteiger partial charge is 0.493 e. The van der Waals surface area contributed by atoms with Crippen LogP contribution in [0.3, 0.4) is 0 Å². The SMILES string of the molecule is COc1ccc(NC(=O)NC[C@H](c2ccc3c(c2)CCCN3C)N2CCCC2)cc1OC. The van der Waals surface area contributed by atoms with Gasteiger partial charge in [0, 0.05) is 37.6 Å². The molecule has 32 heavy (non-hydrogen) atoms. The summed E-state index contributed by atoms with van der Waals surface area (Å²) in [6, 6.07) is 12.1. The van der Waals surface area contributed by atoms with Crippen LogP contribution in [-0.4, -0.2) is 58.4 Å². The number of rotatable bonds is 7. The van der Waals surface area contributed by atoms with Crippen LogP contribution >= 0.6 is 0 Å². The molecule has 0 spiro atoms.